The summed E-state index contributed by atoms with van der Waals surface area (Å²) >= 11 is 5.96. The SMILES string of the molecule is CS(=O)(=O)O.O=C(OCc1ccccc1Cl)c1ccccc1. The van der Waals surface area contributed by atoms with E-state index >= 15 is 0 Å². The lowest BCUT2D eigenvalue weighted by molar-refractivity contribution is 0.0473. The van der Waals surface area contributed by atoms with Crippen LogP contribution in [0.2, 0.25) is 5.02 Å². The summed E-state index contributed by atoms with van der Waals surface area (Å²) in [6.45, 7) is 0.188. The number of ether oxygens (including phenoxy) is 1. The average Bonchev–Trinajstić information content (AvgIpc) is 2.45. The van der Waals surface area contributed by atoms with Crippen LogP contribution in [0.15, 0.2) is 54.6 Å². The van der Waals surface area contributed by atoms with Crippen molar-refractivity contribution in [1.82, 2.24) is 0 Å². The van der Waals surface area contributed by atoms with E-state index in [2.05, 4.69) is 0 Å². The minimum absolute atomic E-state index is 0.188. The van der Waals surface area contributed by atoms with Crippen LogP contribution >= 0.6 is 11.6 Å². The lowest BCUT2D eigenvalue weighted by atomic mass is 10.2. The van der Waals surface area contributed by atoms with E-state index in [4.69, 9.17) is 20.9 Å². The number of carbonyl (C=O) groups is 1. The zero-order chi connectivity index (χ0) is 16.6. The van der Waals surface area contributed by atoms with Gasteiger partial charge in [0.25, 0.3) is 10.1 Å². The lowest BCUT2D eigenvalue weighted by Gasteiger charge is -2.06. The van der Waals surface area contributed by atoms with Crippen molar-refractivity contribution in [2.75, 3.05) is 6.26 Å². The minimum Gasteiger partial charge on any atom is -0.457 e. The van der Waals surface area contributed by atoms with E-state index in [1.807, 2.05) is 24.3 Å². The van der Waals surface area contributed by atoms with Gasteiger partial charge in [-0.1, -0.05) is 48.0 Å². The van der Waals surface area contributed by atoms with Gasteiger partial charge in [-0.3, -0.25) is 4.55 Å². The highest BCUT2D eigenvalue weighted by Crippen LogP contribution is 2.16. The standard InChI is InChI=1S/C14H11ClO2.CH4O3S/c15-13-9-5-4-8-12(13)10-17-14(16)11-6-2-1-3-7-11;1-5(2,3)4/h1-9H,10H2;1H3,(H,2,3,4). The van der Waals surface area contributed by atoms with Gasteiger partial charge in [0.15, 0.2) is 0 Å². The molecule has 0 aliphatic carbocycles. The highest BCUT2D eigenvalue weighted by Gasteiger charge is 2.07. The molecule has 0 saturated carbocycles. The van der Waals surface area contributed by atoms with Crippen molar-refractivity contribution < 1.29 is 22.5 Å². The molecule has 1 N–H and O–H groups in total. The maximum Gasteiger partial charge on any atom is 0.338 e. The highest BCUT2D eigenvalue weighted by atomic mass is 35.5. The van der Waals surface area contributed by atoms with Crippen LogP contribution in [0.4, 0.5) is 0 Å². The first kappa shape index (κ1) is 18.2. The van der Waals surface area contributed by atoms with Gasteiger partial charge in [0.05, 0.1) is 11.8 Å². The van der Waals surface area contributed by atoms with Gasteiger partial charge in [0.2, 0.25) is 0 Å². The smallest absolute Gasteiger partial charge is 0.338 e. The zero-order valence-corrected chi connectivity index (χ0v) is 13.3. The summed E-state index contributed by atoms with van der Waals surface area (Å²) in [6.07, 6.45) is 0.715. The normalized spacial score (nSPS) is 10.3. The van der Waals surface area contributed by atoms with Crippen LogP contribution in [0.3, 0.4) is 0 Å². The van der Waals surface area contributed by atoms with Gasteiger partial charge < -0.3 is 4.74 Å². The number of halogens is 1. The predicted molar refractivity (Wildman–Crippen MR) is 84.5 cm³/mol. The van der Waals surface area contributed by atoms with Crippen molar-refractivity contribution in [3.63, 3.8) is 0 Å². The Morgan fingerprint density at radius 1 is 1.09 bits per heavy atom. The summed E-state index contributed by atoms with van der Waals surface area (Å²) in [5, 5.41) is 0.605. The van der Waals surface area contributed by atoms with E-state index in [1.165, 1.54) is 0 Å². The van der Waals surface area contributed by atoms with E-state index in [-0.39, 0.29) is 12.6 Å². The van der Waals surface area contributed by atoms with Gasteiger partial charge in [-0.05, 0) is 18.2 Å². The minimum atomic E-state index is -3.67. The molecule has 0 atom stereocenters. The molecule has 0 unspecified atom stereocenters. The molecule has 0 heterocycles. The van der Waals surface area contributed by atoms with Gasteiger partial charge in [0.1, 0.15) is 6.61 Å². The molecule has 0 saturated heterocycles. The number of esters is 1. The van der Waals surface area contributed by atoms with Crippen molar-refractivity contribution in [3.05, 3.63) is 70.7 Å². The van der Waals surface area contributed by atoms with Crippen LogP contribution in [0.5, 0.6) is 0 Å². The molecule has 5 nitrogen and oxygen atoms in total. The van der Waals surface area contributed by atoms with Gasteiger partial charge in [0, 0.05) is 10.6 Å². The van der Waals surface area contributed by atoms with E-state index in [1.54, 1.807) is 30.3 Å². The summed E-state index contributed by atoms with van der Waals surface area (Å²) in [6, 6.07) is 16.2. The van der Waals surface area contributed by atoms with E-state index in [9.17, 15) is 13.2 Å². The van der Waals surface area contributed by atoms with E-state index in [0.29, 0.717) is 16.8 Å². The summed E-state index contributed by atoms with van der Waals surface area (Å²) in [7, 11) is -3.67. The Labute approximate surface area is 134 Å². The molecule has 22 heavy (non-hydrogen) atoms. The molecule has 0 aliphatic heterocycles. The molecule has 2 aromatic carbocycles. The molecule has 0 bridgehead atoms. The maximum atomic E-state index is 11.7. The molecule has 0 aliphatic rings. The van der Waals surface area contributed by atoms with Crippen LogP contribution in [0.1, 0.15) is 15.9 Å². The topological polar surface area (TPSA) is 80.7 Å². The molecule has 0 amide bonds. The van der Waals surface area contributed by atoms with Crippen molar-refractivity contribution >= 4 is 27.7 Å². The number of hydrogen-bond donors (Lipinski definition) is 1. The third kappa shape index (κ3) is 7.78. The quantitative estimate of drug-likeness (QED) is 0.684. The third-order valence-corrected chi connectivity index (χ3v) is 2.69. The van der Waals surface area contributed by atoms with E-state index in [0.717, 1.165) is 5.56 Å². The fraction of sp³-hybridized carbons (Fsp3) is 0.133. The Bertz CT molecular complexity index is 706. The molecule has 0 spiro atoms. The van der Waals surface area contributed by atoms with Crippen LogP contribution in [-0.4, -0.2) is 25.2 Å². The lowest BCUT2D eigenvalue weighted by Crippen LogP contribution is -2.05. The summed E-state index contributed by atoms with van der Waals surface area (Å²) in [5.41, 5.74) is 1.35. The molecule has 2 aromatic rings. The average molecular weight is 343 g/mol. The summed E-state index contributed by atoms with van der Waals surface area (Å²) < 4.78 is 31.0. The van der Waals surface area contributed by atoms with Gasteiger partial charge in [-0.15, -0.1) is 0 Å². The molecular formula is C15H15ClO5S. The molecular weight excluding hydrogens is 328 g/mol. The number of carbonyl (C=O) groups excluding carboxylic acids is 1. The first-order valence-electron chi connectivity index (χ1n) is 6.15. The van der Waals surface area contributed by atoms with Crippen molar-refractivity contribution in [3.8, 4) is 0 Å². The Morgan fingerprint density at radius 2 is 1.59 bits per heavy atom. The van der Waals surface area contributed by atoms with Gasteiger partial charge in [-0.2, -0.15) is 8.42 Å². The zero-order valence-electron chi connectivity index (χ0n) is 11.8. The Balaban J connectivity index is 0.000000422. The monoisotopic (exact) mass is 342 g/mol. The highest BCUT2D eigenvalue weighted by molar-refractivity contribution is 7.85. The van der Waals surface area contributed by atoms with Crippen LogP contribution in [0, 0.1) is 0 Å². The molecule has 0 aromatic heterocycles. The number of hydrogen-bond acceptors (Lipinski definition) is 4. The second-order valence-corrected chi connectivity index (χ2v) is 6.14. The first-order chi connectivity index (χ1) is 10.3. The van der Waals surface area contributed by atoms with Crippen molar-refractivity contribution in [1.29, 1.82) is 0 Å². The summed E-state index contributed by atoms with van der Waals surface area (Å²) in [5.74, 6) is -0.342. The second-order valence-electron chi connectivity index (χ2n) is 4.27. The first-order valence-corrected chi connectivity index (χ1v) is 8.38. The molecule has 0 fully saturated rings. The molecule has 118 valence electrons. The van der Waals surface area contributed by atoms with E-state index < -0.39 is 10.1 Å². The molecule has 0 radical (unpaired) electrons. The fourth-order valence-electron chi connectivity index (χ4n) is 1.42. The third-order valence-electron chi connectivity index (χ3n) is 2.33. The Kier molecular flexibility index (Phi) is 7.04. The second kappa shape index (κ2) is 8.53. The maximum absolute atomic E-state index is 11.7. The van der Waals surface area contributed by atoms with Gasteiger partial charge in [-0.25, -0.2) is 4.79 Å². The molecule has 7 heteroatoms. The Hall–Kier alpha value is -1.89. The van der Waals surface area contributed by atoms with Crippen LogP contribution in [-0.2, 0) is 21.5 Å². The van der Waals surface area contributed by atoms with Crippen molar-refractivity contribution in [2.24, 2.45) is 0 Å². The van der Waals surface area contributed by atoms with Crippen LogP contribution < -0.4 is 0 Å². The predicted octanol–water partition coefficient (Wildman–Crippen LogP) is 3.20. The molecule has 2 rings (SSSR count). The van der Waals surface area contributed by atoms with Gasteiger partial charge >= 0.3 is 5.97 Å². The summed E-state index contributed by atoms with van der Waals surface area (Å²) in [4.78, 5) is 11.7. The fourth-order valence-corrected chi connectivity index (χ4v) is 1.61. The Morgan fingerprint density at radius 3 is 2.14 bits per heavy atom. The number of benzene rings is 2. The number of rotatable bonds is 3. The van der Waals surface area contributed by atoms with Crippen molar-refractivity contribution in [2.45, 2.75) is 6.61 Å². The van der Waals surface area contributed by atoms with Crippen LogP contribution in [0.25, 0.3) is 0 Å². The largest absolute Gasteiger partial charge is 0.457 e.